The lowest BCUT2D eigenvalue weighted by molar-refractivity contribution is -0.141. The van der Waals surface area contributed by atoms with Crippen molar-refractivity contribution >= 4 is 23.2 Å². The smallest absolute Gasteiger partial charge is 0.307 e. The summed E-state index contributed by atoms with van der Waals surface area (Å²) >= 11 is 1.31. The van der Waals surface area contributed by atoms with Crippen LogP contribution in [0.25, 0.3) is 10.4 Å². The average molecular weight is 383 g/mol. The van der Waals surface area contributed by atoms with Crippen LogP contribution in [0.1, 0.15) is 27.7 Å². The molecule has 0 aliphatic heterocycles. The van der Waals surface area contributed by atoms with Gasteiger partial charge in [0, 0.05) is 4.88 Å². The van der Waals surface area contributed by atoms with Crippen LogP contribution in [0.2, 0.25) is 0 Å². The van der Waals surface area contributed by atoms with E-state index >= 15 is 0 Å². The van der Waals surface area contributed by atoms with Gasteiger partial charge in [-0.1, -0.05) is 42.5 Å². The van der Waals surface area contributed by atoms with Crippen molar-refractivity contribution in [3.05, 3.63) is 83.0 Å². The molecule has 0 radical (unpaired) electrons. The van der Waals surface area contributed by atoms with E-state index in [1.807, 2.05) is 36.4 Å². The third-order valence-corrected chi connectivity index (χ3v) is 5.20. The summed E-state index contributed by atoms with van der Waals surface area (Å²) in [5.41, 5.74) is 1.67. The maximum atomic E-state index is 13.1. The first kappa shape index (κ1) is 18.8. The minimum absolute atomic E-state index is 0.0441. The highest BCUT2D eigenvalue weighted by atomic mass is 32.1. The fourth-order valence-corrected chi connectivity index (χ4v) is 3.56. The first-order valence-electron chi connectivity index (χ1n) is 8.35. The fraction of sp³-hybridized carbons (Fsp3) is 0.143. The first-order valence-corrected chi connectivity index (χ1v) is 9.17. The molecular weight excluding hydrogens is 365 g/mol. The molecule has 0 fully saturated rings. The highest BCUT2D eigenvalue weighted by Gasteiger charge is 2.20. The highest BCUT2D eigenvalue weighted by Crippen LogP contribution is 2.29. The van der Waals surface area contributed by atoms with Crippen molar-refractivity contribution in [2.24, 2.45) is 0 Å². The van der Waals surface area contributed by atoms with Gasteiger partial charge in [0.05, 0.1) is 24.4 Å². The second-order valence-electron chi connectivity index (χ2n) is 5.89. The topological polar surface area (TPSA) is 55.4 Å². The number of methoxy groups -OCH3 is 1. The highest BCUT2D eigenvalue weighted by molar-refractivity contribution is 7.17. The zero-order valence-electron chi connectivity index (χ0n) is 14.6. The van der Waals surface area contributed by atoms with Gasteiger partial charge < -0.3 is 10.1 Å². The van der Waals surface area contributed by atoms with Crippen LogP contribution in [0, 0.1) is 5.82 Å². The molecule has 3 aromatic rings. The van der Waals surface area contributed by atoms with E-state index in [0.717, 1.165) is 16.0 Å². The third-order valence-electron chi connectivity index (χ3n) is 4.06. The minimum Gasteiger partial charge on any atom is -0.469 e. The summed E-state index contributed by atoms with van der Waals surface area (Å²) < 4.78 is 17.8. The lowest BCUT2D eigenvalue weighted by Gasteiger charge is -2.17. The molecule has 1 atom stereocenters. The number of ether oxygens (including phenoxy) is 1. The Hall–Kier alpha value is -2.99. The minimum atomic E-state index is -0.484. The van der Waals surface area contributed by atoms with E-state index in [-0.39, 0.29) is 18.1 Å². The molecule has 3 rings (SSSR count). The predicted molar refractivity (Wildman–Crippen MR) is 103 cm³/mol. The van der Waals surface area contributed by atoms with E-state index in [9.17, 15) is 14.0 Å². The quantitative estimate of drug-likeness (QED) is 0.634. The molecule has 0 bridgehead atoms. The van der Waals surface area contributed by atoms with Crippen LogP contribution in [0.4, 0.5) is 4.39 Å². The Morgan fingerprint density at radius 1 is 1.04 bits per heavy atom. The van der Waals surface area contributed by atoms with Crippen molar-refractivity contribution in [1.29, 1.82) is 0 Å². The van der Waals surface area contributed by atoms with Gasteiger partial charge in [-0.05, 0) is 35.4 Å². The maximum Gasteiger partial charge on any atom is 0.307 e. The van der Waals surface area contributed by atoms with Crippen molar-refractivity contribution in [1.82, 2.24) is 5.32 Å². The number of halogens is 1. The Morgan fingerprint density at radius 3 is 2.41 bits per heavy atom. The zero-order chi connectivity index (χ0) is 19.2. The second kappa shape index (κ2) is 8.60. The molecule has 27 heavy (non-hydrogen) atoms. The van der Waals surface area contributed by atoms with Crippen LogP contribution in [0.3, 0.4) is 0 Å². The van der Waals surface area contributed by atoms with E-state index in [0.29, 0.717) is 4.88 Å². The maximum absolute atomic E-state index is 13.1. The number of benzene rings is 2. The second-order valence-corrected chi connectivity index (χ2v) is 6.97. The van der Waals surface area contributed by atoms with Gasteiger partial charge in [-0.25, -0.2) is 4.39 Å². The summed E-state index contributed by atoms with van der Waals surface area (Å²) in [6.07, 6.45) is 0.0441. The summed E-state index contributed by atoms with van der Waals surface area (Å²) in [4.78, 5) is 25.8. The van der Waals surface area contributed by atoms with Gasteiger partial charge in [-0.2, -0.15) is 0 Å². The molecule has 0 saturated heterocycles. The summed E-state index contributed by atoms with van der Waals surface area (Å²) in [6, 6.07) is 18.5. The molecule has 0 spiro atoms. The van der Waals surface area contributed by atoms with Crippen molar-refractivity contribution in [3.8, 4) is 10.4 Å². The summed E-state index contributed by atoms with van der Waals surface area (Å²) in [5, 5.41) is 2.90. The SMILES string of the molecule is COC(=O)CC(NC(=O)c1ccc(-c2ccc(F)cc2)s1)c1ccccc1. The van der Waals surface area contributed by atoms with E-state index in [4.69, 9.17) is 4.74 Å². The van der Waals surface area contributed by atoms with E-state index in [1.54, 1.807) is 18.2 Å². The molecule has 6 heteroatoms. The monoisotopic (exact) mass is 383 g/mol. The van der Waals surface area contributed by atoms with Gasteiger partial charge in [0.1, 0.15) is 5.82 Å². The molecule has 4 nitrogen and oxygen atoms in total. The Balaban J connectivity index is 1.77. The third kappa shape index (κ3) is 4.80. The first-order chi connectivity index (χ1) is 13.1. The standard InChI is InChI=1S/C21H18FNO3S/c1-26-20(24)13-17(14-5-3-2-4-6-14)23-21(25)19-12-11-18(27-19)15-7-9-16(22)10-8-15/h2-12,17H,13H2,1H3,(H,23,25). The van der Waals surface area contributed by atoms with Gasteiger partial charge in [0.15, 0.2) is 0 Å². The van der Waals surface area contributed by atoms with Crippen LogP contribution in [0.15, 0.2) is 66.7 Å². The zero-order valence-corrected chi connectivity index (χ0v) is 15.5. The number of hydrogen-bond acceptors (Lipinski definition) is 4. The normalized spacial score (nSPS) is 11.6. The van der Waals surface area contributed by atoms with E-state index < -0.39 is 12.0 Å². The molecule has 0 saturated carbocycles. The Labute approximate surface area is 160 Å². The van der Waals surface area contributed by atoms with Crippen LogP contribution in [0.5, 0.6) is 0 Å². The number of carbonyl (C=O) groups excluding carboxylic acids is 2. The molecule has 0 aliphatic carbocycles. The molecule has 1 amide bonds. The van der Waals surface area contributed by atoms with Gasteiger partial charge in [-0.15, -0.1) is 11.3 Å². The molecular formula is C21H18FNO3S. The predicted octanol–water partition coefficient (Wildman–Crippen LogP) is 4.59. The lowest BCUT2D eigenvalue weighted by atomic mass is 10.0. The van der Waals surface area contributed by atoms with Gasteiger partial charge >= 0.3 is 5.97 Å². The molecule has 2 aromatic carbocycles. The average Bonchev–Trinajstić information content (AvgIpc) is 3.19. The van der Waals surface area contributed by atoms with Crippen LogP contribution in [-0.2, 0) is 9.53 Å². The summed E-state index contributed by atoms with van der Waals surface area (Å²) in [6.45, 7) is 0. The van der Waals surface area contributed by atoms with Crippen LogP contribution >= 0.6 is 11.3 Å². The van der Waals surface area contributed by atoms with Gasteiger partial charge in [-0.3, -0.25) is 9.59 Å². The van der Waals surface area contributed by atoms with Gasteiger partial charge in [0.2, 0.25) is 0 Å². The Kier molecular flexibility index (Phi) is 5.98. The number of rotatable bonds is 6. The van der Waals surface area contributed by atoms with Crippen LogP contribution in [-0.4, -0.2) is 19.0 Å². The lowest BCUT2D eigenvalue weighted by Crippen LogP contribution is -2.30. The number of esters is 1. The number of hydrogen-bond donors (Lipinski definition) is 1. The molecule has 1 aromatic heterocycles. The largest absolute Gasteiger partial charge is 0.469 e. The molecule has 1 N–H and O–H groups in total. The van der Waals surface area contributed by atoms with Crippen molar-refractivity contribution in [2.45, 2.75) is 12.5 Å². The number of nitrogens with one attached hydrogen (secondary N) is 1. The van der Waals surface area contributed by atoms with E-state index in [2.05, 4.69) is 5.32 Å². The molecule has 138 valence electrons. The van der Waals surface area contributed by atoms with Crippen molar-refractivity contribution in [3.63, 3.8) is 0 Å². The number of carbonyl (C=O) groups is 2. The molecule has 0 aliphatic rings. The van der Waals surface area contributed by atoms with Gasteiger partial charge in [0.25, 0.3) is 5.91 Å². The summed E-state index contributed by atoms with van der Waals surface area (Å²) in [7, 11) is 1.32. The van der Waals surface area contributed by atoms with E-state index in [1.165, 1.54) is 30.6 Å². The Bertz CT molecular complexity index is 922. The van der Waals surface area contributed by atoms with Crippen molar-refractivity contribution < 1.29 is 18.7 Å². The molecule has 1 unspecified atom stereocenters. The Morgan fingerprint density at radius 2 is 1.74 bits per heavy atom. The fourth-order valence-electron chi connectivity index (χ4n) is 2.65. The number of amides is 1. The molecule has 1 heterocycles. The van der Waals surface area contributed by atoms with Crippen LogP contribution < -0.4 is 5.32 Å². The number of thiophene rings is 1. The van der Waals surface area contributed by atoms with Crippen molar-refractivity contribution in [2.75, 3.05) is 7.11 Å². The summed E-state index contributed by atoms with van der Waals surface area (Å²) in [5.74, 6) is -0.977.